The first-order chi connectivity index (χ1) is 31.0. The third-order valence-corrected chi connectivity index (χ3v) is 10.9. The molecule has 6 nitrogen and oxygen atoms in total. The average molecular weight is 877 g/mol. The van der Waals surface area contributed by atoms with Crippen LogP contribution >= 0.6 is 0 Å². The summed E-state index contributed by atoms with van der Waals surface area (Å²) in [6, 6.07) is 0. The second kappa shape index (κ2) is 51.2. The van der Waals surface area contributed by atoms with Crippen molar-refractivity contribution in [1.29, 1.82) is 0 Å². The zero-order chi connectivity index (χ0) is 45.8. The minimum atomic E-state index is -0.788. The van der Waals surface area contributed by atoms with E-state index in [2.05, 4.69) is 106 Å². The Hall–Kier alpha value is -3.41. The standard InChI is InChI=1S/C57H96O6/c1-4-7-10-13-16-19-22-24-25-26-27-28-29-30-31-32-33-34-36-38-41-44-47-50-56(59)62-53-54(52-61-55(58)49-46-43-40-37-21-18-15-12-9-6-3)63-57(60)51-48-45-42-39-35-23-20-17-14-11-8-5-2/h7,10,16-17,19-20,24-25,27-28,30-31,33-34,54H,4-6,8-9,11-15,18,21-23,26,29,32,35-53H2,1-3H3/b10-7-,19-16-,20-17-,25-24-,28-27-,31-30-,34-33-. The molecule has 0 spiro atoms. The van der Waals surface area contributed by atoms with Gasteiger partial charge in [-0.25, -0.2) is 0 Å². The molecule has 0 aromatic heterocycles. The van der Waals surface area contributed by atoms with E-state index in [1.165, 1.54) is 77.0 Å². The Balaban J connectivity index is 4.35. The maximum atomic E-state index is 12.8. The Morgan fingerprint density at radius 2 is 0.619 bits per heavy atom. The van der Waals surface area contributed by atoms with E-state index < -0.39 is 6.10 Å². The van der Waals surface area contributed by atoms with Crippen LogP contribution < -0.4 is 0 Å². The third-order valence-electron chi connectivity index (χ3n) is 10.9. The molecule has 0 aromatic rings. The van der Waals surface area contributed by atoms with Crippen LogP contribution in [0.4, 0.5) is 0 Å². The van der Waals surface area contributed by atoms with Crippen molar-refractivity contribution in [2.75, 3.05) is 13.2 Å². The highest BCUT2D eigenvalue weighted by Crippen LogP contribution is 2.14. The number of carbonyl (C=O) groups is 3. The number of ether oxygens (including phenoxy) is 3. The molecule has 0 heterocycles. The second-order valence-corrected chi connectivity index (χ2v) is 17.1. The third kappa shape index (κ3) is 49.5. The number of allylic oxidation sites excluding steroid dienone is 14. The molecule has 0 fully saturated rings. The van der Waals surface area contributed by atoms with Crippen molar-refractivity contribution in [3.8, 4) is 0 Å². The fourth-order valence-corrected chi connectivity index (χ4v) is 6.97. The Morgan fingerprint density at radius 3 is 1.02 bits per heavy atom. The van der Waals surface area contributed by atoms with Gasteiger partial charge < -0.3 is 14.2 Å². The van der Waals surface area contributed by atoms with Crippen LogP contribution in [-0.2, 0) is 28.6 Å². The van der Waals surface area contributed by atoms with Crippen molar-refractivity contribution in [2.45, 2.75) is 245 Å². The number of unbranched alkanes of at least 4 members (excludes halogenated alkanes) is 21. The lowest BCUT2D eigenvalue weighted by atomic mass is 10.1. The molecule has 0 aliphatic heterocycles. The summed E-state index contributed by atoms with van der Waals surface area (Å²) < 4.78 is 16.7. The molecule has 6 heteroatoms. The maximum absolute atomic E-state index is 12.8. The molecule has 1 unspecified atom stereocenters. The van der Waals surface area contributed by atoms with Gasteiger partial charge in [-0.1, -0.05) is 209 Å². The molecular formula is C57H96O6. The van der Waals surface area contributed by atoms with Crippen LogP contribution in [0.1, 0.15) is 239 Å². The number of hydrogen-bond acceptors (Lipinski definition) is 6. The van der Waals surface area contributed by atoms with Gasteiger partial charge in [-0.2, -0.15) is 0 Å². The van der Waals surface area contributed by atoms with Gasteiger partial charge in [0, 0.05) is 19.3 Å². The van der Waals surface area contributed by atoms with Crippen molar-refractivity contribution < 1.29 is 28.6 Å². The maximum Gasteiger partial charge on any atom is 0.306 e. The molecule has 0 bridgehead atoms. The smallest absolute Gasteiger partial charge is 0.306 e. The summed E-state index contributed by atoms with van der Waals surface area (Å²) in [5.74, 6) is -0.925. The molecule has 63 heavy (non-hydrogen) atoms. The largest absolute Gasteiger partial charge is 0.462 e. The van der Waals surface area contributed by atoms with E-state index in [0.717, 1.165) is 122 Å². The highest BCUT2D eigenvalue weighted by Gasteiger charge is 2.19. The van der Waals surface area contributed by atoms with Crippen LogP contribution in [0.15, 0.2) is 85.1 Å². The quantitative estimate of drug-likeness (QED) is 0.0262. The zero-order valence-corrected chi connectivity index (χ0v) is 41.1. The van der Waals surface area contributed by atoms with Gasteiger partial charge in [0.05, 0.1) is 0 Å². The van der Waals surface area contributed by atoms with E-state index in [4.69, 9.17) is 14.2 Å². The van der Waals surface area contributed by atoms with Crippen LogP contribution in [-0.4, -0.2) is 37.2 Å². The molecule has 0 saturated heterocycles. The Bertz CT molecular complexity index is 1240. The summed E-state index contributed by atoms with van der Waals surface area (Å²) in [7, 11) is 0. The van der Waals surface area contributed by atoms with E-state index in [0.29, 0.717) is 19.3 Å². The van der Waals surface area contributed by atoms with E-state index in [9.17, 15) is 14.4 Å². The van der Waals surface area contributed by atoms with Crippen molar-refractivity contribution >= 4 is 17.9 Å². The van der Waals surface area contributed by atoms with Gasteiger partial charge in [-0.3, -0.25) is 14.4 Å². The Kier molecular flexibility index (Phi) is 48.5. The molecule has 0 amide bonds. The van der Waals surface area contributed by atoms with Crippen LogP contribution in [0.3, 0.4) is 0 Å². The summed E-state index contributed by atoms with van der Waals surface area (Å²) in [5, 5.41) is 0. The lowest BCUT2D eigenvalue weighted by Gasteiger charge is -2.18. The van der Waals surface area contributed by atoms with Gasteiger partial charge in [0.25, 0.3) is 0 Å². The molecule has 0 saturated carbocycles. The first-order valence-electron chi connectivity index (χ1n) is 26.1. The van der Waals surface area contributed by atoms with Crippen molar-refractivity contribution in [2.24, 2.45) is 0 Å². The predicted octanol–water partition coefficient (Wildman–Crippen LogP) is 17.2. The zero-order valence-electron chi connectivity index (χ0n) is 41.1. The molecule has 0 aliphatic carbocycles. The van der Waals surface area contributed by atoms with Crippen LogP contribution in [0.25, 0.3) is 0 Å². The summed E-state index contributed by atoms with van der Waals surface area (Å²) in [4.78, 5) is 37.9. The second-order valence-electron chi connectivity index (χ2n) is 17.1. The summed E-state index contributed by atoms with van der Waals surface area (Å²) in [6.07, 6.45) is 65.7. The first-order valence-corrected chi connectivity index (χ1v) is 26.1. The van der Waals surface area contributed by atoms with Gasteiger partial charge in [-0.05, 0) is 96.3 Å². The van der Waals surface area contributed by atoms with Crippen molar-refractivity contribution in [3.05, 3.63) is 85.1 Å². The lowest BCUT2D eigenvalue weighted by molar-refractivity contribution is -0.167. The molecule has 0 aromatic carbocycles. The van der Waals surface area contributed by atoms with Gasteiger partial charge in [0.2, 0.25) is 0 Å². The van der Waals surface area contributed by atoms with E-state index in [1.54, 1.807) is 0 Å². The molecule has 0 N–H and O–H groups in total. The number of esters is 3. The Labute approximate surface area is 388 Å². The minimum absolute atomic E-state index is 0.0871. The average Bonchev–Trinajstić information content (AvgIpc) is 3.28. The molecule has 0 aliphatic rings. The van der Waals surface area contributed by atoms with E-state index >= 15 is 0 Å². The van der Waals surface area contributed by atoms with Crippen LogP contribution in [0, 0.1) is 0 Å². The van der Waals surface area contributed by atoms with Gasteiger partial charge in [0.1, 0.15) is 13.2 Å². The normalized spacial score (nSPS) is 12.7. The van der Waals surface area contributed by atoms with Gasteiger partial charge >= 0.3 is 17.9 Å². The fourth-order valence-electron chi connectivity index (χ4n) is 6.97. The molecular weight excluding hydrogens is 781 g/mol. The van der Waals surface area contributed by atoms with Crippen LogP contribution in [0.5, 0.6) is 0 Å². The van der Waals surface area contributed by atoms with Gasteiger partial charge in [-0.15, -0.1) is 0 Å². The minimum Gasteiger partial charge on any atom is -0.462 e. The summed E-state index contributed by atoms with van der Waals surface area (Å²) in [5.41, 5.74) is 0. The SMILES string of the molecule is CC/C=C\C/C=C\C/C=C\C/C=C\C/C=C\C/C=C\CCCCCCC(=O)OCC(COC(=O)CCCCCCCCCCCC)OC(=O)CCCCCCC/C=C\CCCCC. The molecule has 0 radical (unpaired) electrons. The molecule has 360 valence electrons. The monoisotopic (exact) mass is 877 g/mol. The highest BCUT2D eigenvalue weighted by molar-refractivity contribution is 5.71. The van der Waals surface area contributed by atoms with Crippen LogP contribution in [0.2, 0.25) is 0 Å². The highest BCUT2D eigenvalue weighted by atomic mass is 16.6. The Morgan fingerprint density at radius 1 is 0.333 bits per heavy atom. The van der Waals surface area contributed by atoms with E-state index in [-0.39, 0.29) is 31.1 Å². The van der Waals surface area contributed by atoms with Crippen molar-refractivity contribution in [1.82, 2.24) is 0 Å². The van der Waals surface area contributed by atoms with Crippen molar-refractivity contribution in [3.63, 3.8) is 0 Å². The molecule has 0 rings (SSSR count). The predicted molar refractivity (Wildman–Crippen MR) is 270 cm³/mol. The summed E-state index contributed by atoms with van der Waals surface area (Å²) in [6.45, 7) is 6.45. The first kappa shape index (κ1) is 59.6. The lowest BCUT2D eigenvalue weighted by Crippen LogP contribution is -2.30. The van der Waals surface area contributed by atoms with E-state index in [1.807, 2.05) is 0 Å². The molecule has 1 atom stereocenters. The number of carbonyl (C=O) groups excluding carboxylic acids is 3. The topological polar surface area (TPSA) is 78.9 Å². The van der Waals surface area contributed by atoms with Gasteiger partial charge in [0.15, 0.2) is 6.10 Å². The fraction of sp³-hybridized carbons (Fsp3) is 0.702. The number of hydrogen-bond donors (Lipinski definition) is 0. The summed E-state index contributed by atoms with van der Waals surface area (Å²) >= 11 is 0. The number of rotatable bonds is 46.